The summed E-state index contributed by atoms with van der Waals surface area (Å²) in [6.07, 6.45) is 2.88. The number of nitrogens with zero attached hydrogens (tertiary/aromatic N) is 3. The number of rotatable bonds is 7. The van der Waals surface area contributed by atoms with E-state index in [0.29, 0.717) is 20.8 Å². The van der Waals surface area contributed by atoms with Crippen LogP contribution in [0.5, 0.6) is 5.75 Å². The lowest BCUT2D eigenvalue weighted by atomic mass is 10.3. The topological polar surface area (TPSA) is 78.2 Å². The fourth-order valence-corrected chi connectivity index (χ4v) is 3.80. The predicted octanol–water partition coefficient (Wildman–Crippen LogP) is 3.42. The zero-order valence-corrected chi connectivity index (χ0v) is 15.9. The molecule has 1 amide bonds. The zero-order valence-electron chi connectivity index (χ0n) is 14.3. The molecular weight excluding hydrogens is 410 g/mol. The van der Waals surface area contributed by atoms with E-state index in [1.54, 1.807) is 16.7 Å². The summed E-state index contributed by atoms with van der Waals surface area (Å²) in [5, 5.41) is 2.46. The van der Waals surface area contributed by atoms with Gasteiger partial charge in [-0.25, -0.2) is 4.98 Å². The van der Waals surface area contributed by atoms with Gasteiger partial charge in [-0.2, -0.15) is 8.78 Å². The number of fused-ring (bicyclic) bond motifs is 1. The molecule has 146 valence electrons. The van der Waals surface area contributed by atoms with E-state index in [-0.39, 0.29) is 18.0 Å². The minimum absolute atomic E-state index is 0.0719. The van der Waals surface area contributed by atoms with Crippen LogP contribution in [0.1, 0.15) is 0 Å². The number of ether oxygens (including phenoxy) is 1. The third-order valence-electron chi connectivity index (χ3n) is 3.65. The molecule has 3 rings (SSSR count). The van der Waals surface area contributed by atoms with Gasteiger partial charge < -0.3 is 14.6 Å². The molecule has 0 aliphatic rings. The molecule has 0 aliphatic carbocycles. The van der Waals surface area contributed by atoms with Crippen molar-refractivity contribution in [3.05, 3.63) is 57.6 Å². The molecule has 1 aromatic carbocycles. The first-order chi connectivity index (χ1) is 13.4. The van der Waals surface area contributed by atoms with E-state index in [4.69, 9.17) is 12.2 Å². The van der Waals surface area contributed by atoms with Crippen molar-refractivity contribution in [2.45, 2.75) is 19.7 Å². The molecule has 0 saturated heterocycles. The van der Waals surface area contributed by atoms with Crippen LogP contribution >= 0.6 is 23.6 Å². The third kappa shape index (κ3) is 4.15. The highest BCUT2D eigenvalue weighted by atomic mass is 32.1. The summed E-state index contributed by atoms with van der Waals surface area (Å²) in [5.74, 6) is -0.770. The maximum atomic E-state index is 12.6. The van der Waals surface area contributed by atoms with Gasteiger partial charge in [-0.15, -0.1) is 6.58 Å². The number of allylic oxidation sites excluding steroid dienone is 1. The van der Waals surface area contributed by atoms with Crippen molar-refractivity contribution in [3.8, 4) is 5.75 Å². The van der Waals surface area contributed by atoms with E-state index in [9.17, 15) is 18.4 Å². The highest BCUT2D eigenvalue weighted by Crippen LogP contribution is 2.25. The summed E-state index contributed by atoms with van der Waals surface area (Å²) in [6, 6.07) is 5.78. The van der Waals surface area contributed by atoms with Crippen molar-refractivity contribution in [2.24, 2.45) is 0 Å². The Balaban J connectivity index is 1.85. The number of carbonyl (C=O) groups excluding carboxylic acids is 1. The molecule has 0 bridgehead atoms. The molecule has 0 radical (unpaired) electrons. The van der Waals surface area contributed by atoms with Gasteiger partial charge in [0.25, 0.3) is 5.56 Å². The molecule has 1 N–H and O–H groups in total. The normalized spacial score (nSPS) is 11.0. The van der Waals surface area contributed by atoms with Crippen LogP contribution in [0.25, 0.3) is 10.3 Å². The minimum Gasteiger partial charge on any atom is -0.433 e. The fraction of sp³-hybridized carbons (Fsp3) is 0.176. The van der Waals surface area contributed by atoms with Gasteiger partial charge in [0.2, 0.25) is 5.91 Å². The maximum Gasteiger partial charge on any atom is 0.387 e. The van der Waals surface area contributed by atoms with E-state index in [1.807, 2.05) is 0 Å². The summed E-state index contributed by atoms with van der Waals surface area (Å²) < 4.78 is 32.9. The van der Waals surface area contributed by atoms with Crippen LogP contribution in [0.2, 0.25) is 0 Å². The van der Waals surface area contributed by atoms with E-state index >= 15 is 0 Å². The van der Waals surface area contributed by atoms with Crippen LogP contribution in [0, 0.1) is 3.95 Å². The monoisotopic (exact) mass is 424 g/mol. The Hall–Kier alpha value is -2.92. The fourth-order valence-electron chi connectivity index (χ4n) is 2.49. The largest absolute Gasteiger partial charge is 0.433 e. The van der Waals surface area contributed by atoms with Crippen molar-refractivity contribution in [2.75, 3.05) is 5.32 Å². The first kappa shape index (κ1) is 19.8. The Morgan fingerprint density at radius 3 is 2.89 bits per heavy atom. The molecule has 2 heterocycles. The van der Waals surface area contributed by atoms with Gasteiger partial charge in [-0.1, -0.05) is 29.5 Å². The molecular formula is C17H14F2N4O3S2. The number of alkyl halides is 2. The molecule has 7 nitrogen and oxygen atoms in total. The van der Waals surface area contributed by atoms with Crippen molar-refractivity contribution >= 4 is 45.5 Å². The molecule has 0 atom stereocenters. The van der Waals surface area contributed by atoms with Gasteiger partial charge >= 0.3 is 6.61 Å². The van der Waals surface area contributed by atoms with E-state index in [2.05, 4.69) is 21.6 Å². The second kappa shape index (κ2) is 8.40. The van der Waals surface area contributed by atoms with Gasteiger partial charge in [0.1, 0.15) is 23.3 Å². The van der Waals surface area contributed by atoms with Crippen LogP contribution in [0.15, 0.2) is 48.0 Å². The SMILES string of the molecule is C=CCn1c(=S)sc2c(=O)n(CC(=O)Nc3ccccc3OC(F)F)cnc21. The number of carbonyl (C=O) groups is 1. The molecule has 0 fully saturated rings. The quantitative estimate of drug-likeness (QED) is 0.465. The van der Waals surface area contributed by atoms with Crippen LogP contribution < -0.4 is 15.6 Å². The van der Waals surface area contributed by atoms with Crippen molar-refractivity contribution in [3.63, 3.8) is 0 Å². The van der Waals surface area contributed by atoms with Crippen molar-refractivity contribution in [1.29, 1.82) is 0 Å². The number of amides is 1. The van der Waals surface area contributed by atoms with Crippen molar-refractivity contribution < 1.29 is 18.3 Å². The van der Waals surface area contributed by atoms with Gasteiger partial charge in [0.15, 0.2) is 9.60 Å². The number of para-hydroxylation sites is 2. The summed E-state index contributed by atoms with van der Waals surface area (Å²) >= 11 is 6.33. The molecule has 2 aromatic heterocycles. The van der Waals surface area contributed by atoms with Gasteiger partial charge in [-0.05, 0) is 24.4 Å². The second-order valence-electron chi connectivity index (χ2n) is 5.52. The second-order valence-corrected chi connectivity index (χ2v) is 7.16. The Morgan fingerprint density at radius 2 is 2.18 bits per heavy atom. The summed E-state index contributed by atoms with van der Waals surface area (Å²) in [5.41, 5.74) is 0.0751. The zero-order chi connectivity index (χ0) is 20.3. The molecule has 28 heavy (non-hydrogen) atoms. The Bertz CT molecular complexity index is 1150. The Morgan fingerprint density at radius 1 is 1.43 bits per heavy atom. The maximum absolute atomic E-state index is 12.6. The number of nitrogens with one attached hydrogen (secondary N) is 1. The van der Waals surface area contributed by atoms with E-state index in [1.165, 1.54) is 24.5 Å². The highest BCUT2D eigenvalue weighted by Gasteiger charge is 2.15. The summed E-state index contributed by atoms with van der Waals surface area (Å²) in [7, 11) is 0. The number of hydrogen-bond acceptors (Lipinski definition) is 6. The summed E-state index contributed by atoms with van der Waals surface area (Å²) in [6.45, 7) is 0.680. The molecule has 0 saturated carbocycles. The lowest BCUT2D eigenvalue weighted by Gasteiger charge is -2.12. The smallest absolute Gasteiger partial charge is 0.387 e. The van der Waals surface area contributed by atoms with Crippen LogP contribution in [0.4, 0.5) is 14.5 Å². The van der Waals surface area contributed by atoms with Gasteiger partial charge in [0.05, 0.1) is 5.69 Å². The lowest BCUT2D eigenvalue weighted by molar-refractivity contribution is -0.116. The molecule has 0 spiro atoms. The number of anilines is 1. The first-order valence-corrected chi connectivity index (χ1v) is 9.16. The molecule has 3 aromatic rings. The molecule has 0 unspecified atom stereocenters. The van der Waals surface area contributed by atoms with E-state index in [0.717, 1.165) is 15.9 Å². The number of benzene rings is 1. The van der Waals surface area contributed by atoms with Crippen LogP contribution in [-0.2, 0) is 17.9 Å². The number of halogens is 2. The average Bonchev–Trinajstić information content (AvgIpc) is 2.96. The van der Waals surface area contributed by atoms with Crippen LogP contribution in [0.3, 0.4) is 0 Å². The van der Waals surface area contributed by atoms with Gasteiger partial charge in [0, 0.05) is 6.54 Å². The van der Waals surface area contributed by atoms with Crippen LogP contribution in [-0.4, -0.2) is 26.6 Å². The third-order valence-corrected chi connectivity index (χ3v) is 5.07. The minimum atomic E-state index is -3.03. The first-order valence-electron chi connectivity index (χ1n) is 7.94. The average molecular weight is 424 g/mol. The standard InChI is InChI=1S/C17H14F2N4O3S2/c1-2-7-23-14-13(28-17(23)27)15(25)22(9-20-14)8-12(24)21-10-5-3-4-6-11(10)26-16(18)19/h2-6,9,16H,1,7-8H2,(H,21,24). The Kier molecular flexibility index (Phi) is 5.95. The number of thiazole rings is 1. The molecule has 11 heteroatoms. The molecule has 0 aliphatic heterocycles. The van der Waals surface area contributed by atoms with Gasteiger partial charge in [-0.3, -0.25) is 14.2 Å². The lowest BCUT2D eigenvalue weighted by Crippen LogP contribution is -2.28. The number of hydrogen-bond donors (Lipinski definition) is 1. The highest BCUT2D eigenvalue weighted by molar-refractivity contribution is 7.73. The Labute approximate surface area is 166 Å². The predicted molar refractivity (Wildman–Crippen MR) is 105 cm³/mol. The number of aromatic nitrogens is 3. The van der Waals surface area contributed by atoms with Crippen molar-refractivity contribution in [1.82, 2.24) is 14.1 Å². The summed E-state index contributed by atoms with van der Waals surface area (Å²) in [4.78, 5) is 29.2. The van der Waals surface area contributed by atoms with E-state index < -0.39 is 18.1 Å².